The molecule has 1 unspecified atom stereocenters. The number of hydrogen-bond donors (Lipinski definition) is 1. The maximum Gasteiger partial charge on any atom is 0.246 e. The summed E-state index contributed by atoms with van der Waals surface area (Å²) in [7, 11) is 1.96. The lowest BCUT2D eigenvalue weighted by atomic mass is 10.0. The van der Waals surface area contributed by atoms with Crippen LogP contribution in [0.25, 0.3) is 10.9 Å². The minimum absolute atomic E-state index is 0.0374. The normalized spacial score (nSPS) is 12.3. The molecule has 0 saturated carbocycles. The number of pyridine rings is 1. The van der Waals surface area contributed by atoms with Gasteiger partial charge in [0.1, 0.15) is 6.04 Å². The number of carbonyl (C=O) groups excluding carboxylic acids is 1. The fraction of sp³-hybridized carbons (Fsp3) is 0.238. The first kappa shape index (κ1) is 17.1. The second-order valence-corrected chi connectivity index (χ2v) is 6.21. The summed E-state index contributed by atoms with van der Waals surface area (Å²) < 4.78 is 0. The minimum Gasteiger partial charge on any atom is -0.324 e. The first-order valence-electron chi connectivity index (χ1n) is 8.52. The van der Waals surface area contributed by atoms with Gasteiger partial charge in [0.25, 0.3) is 0 Å². The van der Waals surface area contributed by atoms with E-state index in [0.717, 1.165) is 34.3 Å². The third-order valence-electron chi connectivity index (χ3n) is 4.53. The lowest BCUT2D eigenvalue weighted by Crippen LogP contribution is -2.34. The predicted molar refractivity (Wildman–Crippen MR) is 103 cm³/mol. The van der Waals surface area contributed by atoms with E-state index in [9.17, 15) is 4.79 Å². The number of nitrogens with one attached hydrogen (secondary N) is 1. The van der Waals surface area contributed by atoms with Gasteiger partial charge < -0.3 is 5.32 Å². The van der Waals surface area contributed by atoms with E-state index in [1.54, 1.807) is 6.20 Å². The van der Waals surface area contributed by atoms with Crippen molar-refractivity contribution in [3.8, 4) is 0 Å². The number of hydrogen-bond acceptors (Lipinski definition) is 3. The fourth-order valence-corrected chi connectivity index (χ4v) is 3.05. The fourth-order valence-electron chi connectivity index (χ4n) is 3.05. The first-order valence-corrected chi connectivity index (χ1v) is 8.52. The molecule has 0 aliphatic heterocycles. The number of aromatic nitrogens is 1. The zero-order valence-electron chi connectivity index (χ0n) is 14.9. The summed E-state index contributed by atoms with van der Waals surface area (Å²) in [6.45, 7) is 4.86. The van der Waals surface area contributed by atoms with E-state index in [-0.39, 0.29) is 11.9 Å². The molecule has 25 heavy (non-hydrogen) atoms. The maximum absolute atomic E-state index is 13.1. The smallest absolute Gasteiger partial charge is 0.246 e. The van der Waals surface area contributed by atoms with Gasteiger partial charge in [-0.1, -0.05) is 43.3 Å². The summed E-state index contributed by atoms with van der Waals surface area (Å²) in [5.41, 5.74) is 3.79. The molecule has 0 fully saturated rings. The van der Waals surface area contributed by atoms with Crippen molar-refractivity contribution >= 4 is 22.5 Å². The quantitative estimate of drug-likeness (QED) is 0.762. The molecule has 3 rings (SSSR count). The number of benzene rings is 2. The SMILES string of the molecule is CCN(C)C(C(=O)Nc1ccc(C)c2ncccc12)c1ccccc1. The summed E-state index contributed by atoms with van der Waals surface area (Å²) in [6.07, 6.45) is 1.78. The number of fused-ring (bicyclic) bond motifs is 1. The number of amides is 1. The van der Waals surface area contributed by atoms with Gasteiger partial charge in [0, 0.05) is 11.6 Å². The second kappa shape index (κ2) is 7.45. The third-order valence-corrected chi connectivity index (χ3v) is 4.53. The Morgan fingerprint density at radius 3 is 2.60 bits per heavy atom. The number of aryl methyl sites for hydroxylation is 1. The number of rotatable bonds is 5. The third kappa shape index (κ3) is 3.54. The van der Waals surface area contributed by atoms with Gasteiger partial charge in [-0.3, -0.25) is 14.7 Å². The molecule has 3 aromatic rings. The molecule has 1 heterocycles. The van der Waals surface area contributed by atoms with Gasteiger partial charge in [-0.15, -0.1) is 0 Å². The average molecular weight is 333 g/mol. The van der Waals surface area contributed by atoms with Gasteiger partial charge in [0.05, 0.1) is 11.2 Å². The molecule has 1 aromatic heterocycles. The molecule has 1 N–H and O–H groups in total. The van der Waals surface area contributed by atoms with Crippen molar-refractivity contribution < 1.29 is 4.79 Å². The Bertz CT molecular complexity index is 877. The molecule has 0 spiro atoms. The van der Waals surface area contributed by atoms with Crippen LogP contribution < -0.4 is 5.32 Å². The second-order valence-electron chi connectivity index (χ2n) is 6.21. The number of likely N-dealkylation sites (N-methyl/N-ethyl adjacent to an activating group) is 1. The van der Waals surface area contributed by atoms with Crippen molar-refractivity contribution in [1.82, 2.24) is 9.88 Å². The van der Waals surface area contributed by atoms with E-state index in [1.807, 2.05) is 73.5 Å². The summed E-state index contributed by atoms with van der Waals surface area (Å²) in [4.78, 5) is 19.6. The molecule has 4 nitrogen and oxygen atoms in total. The minimum atomic E-state index is -0.334. The molecular formula is C21H23N3O. The molecule has 0 aliphatic carbocycles. The topological polar surface area (TPSA) is 45.2 Å². The van der Waals surface area contributed by atoms with E-state index in [1.165, 1.54) is 0 Å². The van der Waals surface area contributed by atoms with Crippen molar-refractivity contribution in [1.29, 1.82) is 0 Å². The highest BCUT2D eigenvalue weighted by Crippen LogP contribution is 2.27. The van der Waals surface area contributed by atoms with Gasteiger partial charge in [-0.25, -0.2) is 0 Å². The van der Waals surface area contributed by atoms with Crippen LogP contribution in [-0.4, -0.2) is 29.4 Å². The zero-order valence-corrected chi connectivity index (χ0v) is 14.9. The van der Waals surface area contributed by atoms with Gasteiger partial charge >= 0.3 is 0 Å². The molecule has 128 valence electrons. The average Bonchev–Trinajstić information content (AvgIpc) is 2.65. The molecule has 1 amide bonds. The molecule has 4 heteroatoms. The van der Waals surface area contributed by atoms with Crippen LogP contribution >= 0.6 is 0 Å². The molecular weight excluding hydrogens is 310 g/mol. The van der Waals surface area contributed by atoms with Gasteiger partial charge in [-0.2, -0.15) is 0 Å². The molecule has 0 aliphatic rings. The molecule has 0 radical (unpaired) electrons. The highest BCUT2D eigenvalue weighted by Gasteiger charge is 2.24. The first-order chi connectivity index (χ1) is 12.1. The van der Waals surface area contributed by atoms with Crippen molar-refractivity contribution in [2.24, 2.45) is 0 Å². The van der Waals surface area contributed by atoms with Crippen molar-refractivity contribution in [2.75, 3.05) is 18.9 Å². The van der Waals surface area contributed by atoms with E-state index in [2.05, 4.69) is 17.2 Å². The highest BCUT2D eigenvalue weighted by atomic mass is 16.2. The molecule has 0 saturated heterocycles. The Morgan fingerprint density at radius 1 is 1.12 bits per heavy atom. The lowest BCUT2D eigenvalue weighted by molar-refractivity contribution is -0.121. The van der Waals surface area contributed by atoms with Crippen molar-refractivity contribution in [3.05, 3.63) is 71.9 Å². The number of anilines is 1. The van der Waals surface area contributed by atoms with Crippen LogP contribution in [0.5, 0.6) is 0 Å². The van der Waals surface area contributed by atoms with Gasteiger partial charge in [0.2, 0.25) is 5.91 Å². The maximum atomic E-state index is 13.1. The van der Waals surface area contributed by atoms with E-state index >= 15 is 0 Å². The predicted octanol–water partition coefficient (Wildman–Crippen LogP) is 4.17. The Morgan fingerprint density at radius 2 is 1.88 bits per heavy atom. The molecule has 0 bridgehead atoms. The van der Waals surface area contributed by atoms with E-state index in [0.29, 0.717) is 0 Å². The van der Waals surface area contributed by atoms with Crippen LogP contribution in [0, 0.1) is 6.92 Å². The number of carbonyl (C=O) groups is 1. The lowest BCUT2D eigenvalue weighted by Gasteiger charge is -2.26. The van der Waals surface area contributed by atoms with E-state index < -0.39 is 0 Å². The van der Waals surface area contributed by atoms with Crippen LogP contribution in [0.15, 0.2) is 60.8 Å². The monoisotopic (exact) mass is 333 g/mol. The number of nitrogens with zero attached hydrogens (tertiary/aromatic N) is 2. The Kier molecular flexibility index (Phi) is 5.10. The van der Waals surface area contributed by atoms with Crippen molar-refractivity contribution in [2.45, 2.75) is 19.9 Å². The van der Waals surface area contributed by atoms with Crippen LogP contribution in [-0.2, 0) is 4.79 Å². The molecule has 2 aromatic carbocycles. The summed E-state index contributed by atoms with van der Waals surface area (Å²) in [5.74, 6) is -0.0374. The summed E-state index contributed by atoms with van der Waals surface area (Å²) in [6, 6.07) is 17.4. The zero-order chi connectivity index (χ0) is 17.8. The van der Waals surface area contributed by atoms with Crippen LogP contribution in [0.1, 0.15) is 24.1 Å². The van der Waals surface area contributed by atoms with Gasteiger partial charge in [-0.05, 0) is 49.8 Å². The Hall–Kier alpha value is -2.72. The Labute approximate surface area is 148 Å². The van der Waals surface area contributed by atoms with Gasteiger partial charge in [0.15, 0.2) is 0 Å². The van der Waals surface area contributed by atoms with E-state index in [4.69, 9.17) is 0 Å². The van der Waals surface area contributed by atoms with Crippen molar-refractivity contribution in [3.63, 3.8) is 0 Å². The highest BCUT2D eigenvalue weighted by molar-refractivity contribution is 6.03. The van der Waals surface area contributed by atoms with Crippen LogP contribution in [0.4, 0.5) is 5.69 Å². The summed E-state index contributed by atoms with van der Waals surface area (Å²) >= 11 is 0. The van der Waals surface area contributed by atoms with Crippen LogP contribution in [0.3, 0.4) is 0 Å². The standard InChI is InChI=1S/C21H23N3O/c1-4-24(3)20(16-9-6-5-7-10-16)21(25)23-18-13-12-15(2)19-17(18)11-8-14-22-19/h5-14,20H,4H2,1-3H3,(H,23,25). The largest absolute Gasteiger partial charge is 0.324 e. The summed E-state index contributed by atoms with van der Waals surface area (Å²) in [5, 5.41) is 4.07. The molecule has 1 atom stereocenters. The van der Waals surface area contributed by atoms with Crippen LogP contribution in [0.2, 0.25) is 0 Å². The Balaban J connectivity index is 1.96.